The van der Waals surface area contributed by atoms with Crippen LogP contribution in [0, 0.1) is 6.92 Å². The number of benzene rings is 2. The summed E-state index contributed by atoms with van der Waals surface area (Å²) in [5, 5.41) is 1.95. The Balaban J connectivity index is 1.58. The molecule has 0 aliphatic carbocycles. The third kappa shape index (κ3) is 3.95. The number of hydrogen-bond donors (Lipinski definition) is 0. The number of hydrogen-bond acceptors (Lipinski definition) is 4. The molecule has 2 unspecified atom stereocenters. The summed E-state index contributed by atoms with van der Waals surface area (Å²) >= 11 is 7.28. The number of carbonyl (C=O) groups is 3. The lowest BCUT2D eigenvalue weighted by atomic mass is 10.0. The smallest absolute Gasteiger partial charge is 0.308 e. The average Bonchev–Trinajstić information content (AvgIpc) is 3.20. The lowest BCUT2D eigenvalue weighted by Gasteiger charge is -2.41. The molecule has 2 heterocycles. The number of nitrogens with zero attached hydrogens (tertiary/aromatic N) is 2. The van der Waals surface area contributed by atoms with Crippen LogP contribution in [0.5, 0.6) is 0 Å². The molecule has 29 heavy (non-hydrogen) atoms. The largest absolute Gasteiger partial charge is 0.328 e. The van der Waals surface area contributed by atoms with Gasteiger partial charge in [-0.1, -0.05) is 47.5 Å². The highest BCUT2D eigenvalue weighted by Gasteiger charge is 2.47. The first kappa shape index (κ1) is 19.7. The third-order valence-electron chi connectivity index (χ3n) is 5.10. The molecule has 0 radical (unpaired) electrons. The molecule has 2 aliphatic heterocycles. The Labute approximate surface area is 178 Å². The van der Waals surface area contributed by atoms with Gasteiger partial charge in [0, 0.05) is 10.6 Å². The molecule has 0 bridgehead atoms. The van der Waals surface area contributed by atoms with Crippen molar-refractivity contribution in [1.29, 1.82) is 0 Å². The fraction of sp³-hybridized carbons (Fsp3) is 0.227. The summed E-state index contributed by atoms with van der Waals surface area (Å²) in [4.78, 5) is 41.6. The standard InChI is InChI=1S/C22H19ClN2O3S/c1-14-2-4-15(5-3-14)12-25-21(27)20-18(10-11-29-20)24(22(25)28)13-19(26)16-6-8-17(23)9-7-16/h2-11,18,20H,12-13H2,1H3. The lowest BCUT2D eigenvalue weighted by molar-refractivity contribution is -0.131. The number of imide groups is 1. The number of fused-ring (bicyclic) bond motifs is 1. The van der Waals surface area contributed by atoms with Crippen molar-refractivity contribution in [2.24, 2.45) is 0 Å². The van der Waals surface area contributed by atoms with Crippen LogP contribution in [0.4, 0.5) is 4.79 Å². The number of carbonyl (C=O) groups excluding carboxylic acids is 3. The summed E-state index contributed by atoms with van der Waals surface area (Å²) < 4.78 is 0. The summed E-state index contributed by atoms with van der Waals surface area (Å²) in [6, 6.07) is 13.4. The molecular formula is C22H19ClN2O3S. The third-order valence-corrected chi connectivity index (χ3v) is 6.44. The van der Waals surface area contributed by atoms with Gasteiger partial charge in [-0.15, -0.1) is 11.8 Å². The van der Waals surface area contributed by atoms with Crippen LogP contribution < -0.4 is 0 Å². The zero-order chi connectivity index (χ0) is 20.5. The second-order valence-electron chi connectivity index (χ2n) is 7.13. The lowest BCUT2D eigenvalue weighted by Crippen LogP contribution is -2.62. The van der Waals surface area contributed by atoms with E-state index in [0.717, 1.165) is 11.1 Å². The molecule has 1 saturated heterocycles. The SMILES string of the molecule is Cc1ccc(CN2C(=O)C3SC=CC3N(CC(=O)c3ccc(Cl)cc3)C2=O)cc1. The Bertz CT molecular complexity index is 988. The van der Waals surface area contributed by atoms with Crippen molar-refractivity contribution in [2.75, 3.05) is 6.54 Å². The van der Waals surface area contributed by atoms with Crippen molar-refractivity contribution in [1.82, 2.24) is 9.80 Å². The molecule has 7 heteroatoms. The Kier molecular flexibility index (Phi) is 5.48. The maximum absolute atomic E-state index is 13.2. The number of thioether (sulfide) groups is 1. The van der Waals surface area contributed by atoms with Crippen LogP contribution in [0.15, 0.2) is 60.0 Å². The summed E-state index contributed by atoms with van der Waals surface area (Å²) in [6.45, 7) is 2.08. The minimum Gasteiger partial charge on any atom is -0.308 e. The van der Waals surface area contributed by atoms with E-state index in [-0.39, 0.29) is 24.8 Å². The van der Waals surface area contributed by atoms with E-state index in [0.29, 0.717) is 10.6 Å². The molecule has 5 nitrogen and oxygen atoms in total. The van der Waals surface area contributed by atoms with Gasteiger partial charge in [0.05, 0.1) is 19.1 Å². The highest BCUT2D eigenvalue weighted by atomic mass is 35.5. The Morgan fingerprint density at radius 3 is 2.45 bits per heavy atom. The van der Waals surface area contributed by atoms with Crippen LogP contribution >= 0.6 is 23.4 Å². The molecule has 2 atom stereocenters. The van der Waals surface area contributed by atoms with E-state index in [4.69, 9.17) is 11.6 Å². The number of rotatable bonds is 5. The van der Waals surface area contributed by atoms with E-state index < -0.39 is 17.3 Å². The molecule has 148 valence electrons. The maximum atomic E-state index is 13.2. The van der Waals surface area contributed by atoms with Crippen molar-refractivity contribution in [2.45, 2.75) is 24.8 Å². The van der Waals surface area contributed by atoms with E-state index in [1.54, 1.807) is 24.3 Å². The first-order chi connectivity index (χ1) is 13.9. The fourth-order valence-electron chi connectivity index (χ4n) is 3.47. The molecular weight excluding hydrogens is 408 g/mol. The molecule has 0 N–H and O–H groups in total. The van der Waals surface area contributed by atoms with Gasteiger partial charge < -0.3 is 4.90 Å². The zero-order valence-electron chi connectivity index (χ0n) is 15.7. The van der Waals surface area contributed by atoms with E-state index in [1.165, 1.54) is 21.6 Å². The van der Waals surface area contributed by atoms with Gasteiger partial charge in [0.15, 0.2) is 5.78 Å². The molecule has 0 aromatic heterocycles. The van der Waals surface area contributed by atoms with Gasteiger partial charge in [0.25, 0.3) is 0 Å². The topological polar surface area (TPSA) is 57.7 Å². The normalized spacial score (nSPS) is 20.9. The highest BCUT2D eigenvalue weighted by molar-refractivity contribution is 8.03. The van der Waals surface area contributed by atoms with Crippen LogP contribution in [0.25, 0.3) is 0 Å². The van der Waals surface area contributed by atoms with Gasteiger partial charge in [-0.25, -0.2) is 4.79 Å². The summed E-state index contributed by atoms with van der Waals surface area (Å²) in [5.74, 6) is -0.408. The molecule has 4 rings (SSSR count). The predicted molar refractivity (Wildman–Crippen MR) is 114 cm³/mol. The first-order valence-corrected chi connectivity index (χ1v) is 10.5. The van der Waals surface area contributed by atoms with E-state index in [2.05, 4.69) is 0 Å². The van der Waals surface area contributed by atoms with Crippen molar-refractivity contribution >= 4 is 41.1 Å². The van der Waals surface area contributed by atoms with Gasteiger partial charge in [-0.05, 0) is 42.2 Å². The van der Waals surface area contributed by atoms with E-state index >= 15 is 0 Å². The monoisotopic (exact) mass is 426 g/mol. The van der Waals surface area contributed by atoms with Crippen molar-refractivity contribution in [3.8, 4) is 0 Å². The number of aryl methyl sites for hydroxylation is 1. The summed E-state index contributed by atoms with van der Waals surface area (Å²) in [7, 11) is 0. The quantitative estimate of drug-likeness (QED) is 0.669. The average molecular weight is 427 g/mol. The molecule has 2 aromatic carbocycles. The predicted octanol–water partition coefficient (Wildman–Crippen LogP) is 4.29. The van der Waals surface area contributed by atoms with Crippen LogP contribution in [-0.4, -0.2) is 45.4 Å². The summed E-state index contributed by atoms with van der Waals surface area (Å²) in [5.41, 5.74) is 2.46. The van der Waals surface area contributed by atoms with Gasteiger partial charge in [0.2, 0.25) is 5.91 Å². The Morgan fingerprint density at radius 1 is 1.07 bits per heavy atom. The molecule has 0 saturated carbocycles. The number of halogens is 1. The van der Waals surface area contributed by atoms with Gasteiger partial charge in [-0.2, -0.15) is 0 Å². The molecule has 2 aliphatic rings. The highest BCUT2D eigenvalue weighted by Crippen LogP contribution is 2.35. The number of Topliss-reactive ketones (excluding diaryl/α,β-unsaturated/α-hetero) is 1. The molecule has 3 amide bonds. The number of urea groups is 1. The first-order valence-electron chi connectivity index (χ1n) is 9.22. The summed E-state index contributed by atoms with van der Waals surface area (Å²) in [6.07, 6.45) is 1.82. The minimum absolute atomic E-state index is 0.0930. The van der Waals surface area contributed by atoms with Crippen LogP contribution in [-0.2, 0) is 11.3 Å². The van der Waals surface area contributed by atoms with Crippen LogP contribution in [0.2, 0.25) is 5.02 Å². The Hall–Kier alpha value is -2.57. The molecule has 2 aromatic rings. The number of ketones is 1. The van der Waals surface area contributed by atoms with Crippen molar-refractivity contribution in [3.63, 3.8) is 0 Å². The van der Waals surface area contributed by atoms with Gasteiger partial charge >= 0.3 is 6.03 Å². The maximum Gasteiger partial charge on any atom is 0.328 e. The number of amides is 3. The second kappa shape index (κ2) is 8.05. The van der Waals surface area contributed by atoms with Crippen molar-refractivity contribution < 1.29 is 14.4 Å². The zero-order valence-corrected chi connectivity index (χ0v) is 17.3. The van der Waals surface area contributed by atoms with Crippen LogP contribution in [0.3, 0.4) is 0 Å². The Morgan fingerprint density at radius 2 is 1.76 bits per heavy atom. The van der Waals surface area contributed by atoms with E-state index in [9.17, 15) is 14.4 Å². The van der Waals surface area contributed by atoms with Gasteiger partial charge in [0.1, 0.15) is 5.25 Å². The molecule has 0 spiro atoms. The second-order valence-corrected chi connectivity index (χ2v) is 8.61. The van der Waals surface area contributed by atoms with Crippen LogP contribution in [0.1, 0.15) is 21.5 Å². The molecule has 1 fully saturated rings. The minimum atomic E-state index is -0.439. The van der Waals surface area contributed by atoms with Crippen molar-refractivity contribution in [3.05, 3.63) is 81.7 Å². The fourth-order valence-corrected chi connectivity index (χ4v) is 4.66. The van der Waals surface area contributed by atoms with Gasteiger partial charge in [-0.3, -0.25) is 14.5 Å². The van der Waals surface area contributed by atoms with E-state index in [1.807, 2.05) is 42.7 Å².